The summed E-state index contributed by atoms with van der Waals surface area (Å²) in [5.41, 5.74) is 4.50. The third kappa shape index (κ3) is 6.23. The molecule has 9 heteroatoms. The summed E-state index contributed by atoms with van der Waals surface area (Å²) in [6.45, 7) is 5.44. The summed E-state index contributed by atoms with van der Waals surface area (Å²) in [5, 5.41) is 18.4. The lowest BCUT2D eigenvalue weighted by atomic mass is 10.0. The van der Waals surface area contributed by atoms with Crippen molar-refractivity contribution in [3.05, 3.63) is 60.6 Å². The van der Waals surface area contributed by atoms with Gasteiger partial charge in [0.2, 0.25) is 5.88 Å². The highest BCUT2D eigenvalue weighted by molar-refractivity contribution is 5.90. The molecular formula is C28H32N6O3. The molecule has 37 heavy (non-hydrogen) atoms. The van der Waals surface area contributed by atoms with Crippen LogP contribution in [0.3, 0.4) is 0 Å². The van der Waals surface area contributed by atoms with Crippen LogP contribution in [0.15, 0.2) is 55.0 Å². The number of aromatic nitrogens is 4. The van der Waals surface area contributed by atoms with Crippen molar-refractivity contribution in [3.63, 3.8) is 0 Å². The van der Waals surface area contributed by atoms with Gasteiger partial charge in [-0.15, -0.1) is 0 Å². The first-order valence-electron chi connectivity index (χ1n) is 12.5. The molecule has 4 rings (SSSR count). The Morgan fingerprint density at radius 1 is 1.03 bits per heavy atom. The number of ether oxygens (including phenoxy) is 2. The minimum absolute atomic E-state index is 0.188. The molecular weight excluding hydrogens is 468 g/mol. The van der Waals surface area contributed by atoms with E-state index in [4.69, 9.17) is 19.6 Å². The summed E-state index contributed by atoms with van der Waals surface area (Å²) in [6.07, 6.45) is 8.28. The van der Waals surface area contributed by atoms with E-state index in [1.54, 1.807) is 31.6 Å². The number of hydrogen-bond acceptors (Lipinski definition) is 8. The number of fused-ring (bicyclic) bond motifs is 1. The molecule has 1 N–H and O–H groups in total. The van der Waals surface area contributed by atoms with Gasteiger partial charge in [-0.05, 0) is 50.6 Å². The normalized spacial score (nSPS) is 11.1. The molecule has 0 fully saturated rings. The first-order chi connectivity index (χ1) is 18.2. The van der Waals surface area contributed by atoms with Crippen molar-refractivity contribution in [1.82, 2.24) is 24.3 Å². The number of aliphatic hydroxyl groups is 1. The van der Waals surface area contributed by atoms with Crippen LogP contribution in [0.2, 0.25) is 0 Å². The molecule has 0 radical (unpaired) electrons. The Kier molecular flexibility index (Phi) is 9.03. The van der Waals surface area contributed by atoms with Gasteiger partial charge in [0, 0.05) is 42.3 Å². The molecule has 0 unspecified atom stereocenters. The van der Waals surface area contributed by atoms with E-state index in [1.807, 2.05) is 34.9 Å². The van der Waals surface area contributed by atoms with Gasteiger partial charge in [-0.25, -0.2) is 9.97 Å². The number of aliphatic hydroxyl groups excluding tert-OH is 1. The van der Waals surface area contributed by atoms with Gasteiger partial charge < -0.3 is 19.5 Å². The van der Waals surface area contributed by atoms with Crippen LogP contribution in [0.4, 0.5) is 0 Å². The highest BCUT2D eigenvalue weighted by atomic mass is 16.5. The van der Waals surface area contributed by atoms with Gasteiger partial charge in [0.25, 0.3) is 0 Å². The monoisotopic (exact) mass is 500 g/mol. The van der Waals surface area contributed by atoms with Gasteiger partial charge in [-0.1, -0.05) is 19.1 Å². The van der Waals surface area contributed by atoms with Crippen LogP contribution in [0.5, 0.6) is 11.9 Å². The highest BCUT2D eigenvalue weighted by Crippen LogP contribution is 2.36. The van der Waals surface area contributed by atoms with E-state index in [0.717, 1.165) is 49.0 Å². The Morgan fingerprint density at radius 3 is 2.51 bits per heavy atom. The lowest BCUT2D eigenvalue weighted by molar-refractivity contribution is 0.197. The maximum absolute atomic E-state index is 9.24. The number of pyridine rings is 1. The molecule has 4 aromatic rings. The van der Waals surface area contributed by atoms with Crippen LogP contribution in [0, 0.1) is 11.3 Å². The van der Waals surface area contributed by atoms with Crippen molar-refractivity contribution in [2.45, 2.75) is 26.2 Å². The topological polar surface area (TPSA) is 109 Å². The second-order valence-corrected chi connectivity index (χ2v) is 8.58. The molecule has 3 aromatic heterocycles. The van der Waals surface area contributed by atoms with Crippen molar-refractivity contribution in [2.24, 2.45) is 0 Å². The maximum atomic E-state index is 9.24. The van der Waals surface area contributed by atoms with Crippen molar-refractivity contribution in [1.29, 1.82) is 5.26 Å². The number of nitrogens with zero attached hydrogens (tertiary/aromatic N) is 6. The van der Waals surface area contributed by atoms with Crippen molar-refractivity contribution >= 4 is 5.65 Å². The highest BCUT2D eigenvalue weighted by Gasteiger charge is 2.19. The van der Waals surface area contributed by atoms with E-state index in [2.05, 4.69) is 27.9 Å². The van der Waals surface area contributed by atoms with Crippen molar-refractivity contribution in [2.75, 3.05) is 40.0 Å². The summed E-state index contributed by atoms with van der Waals surface area (Å²) in [6, 6.07) is 13.7. The average Bonchev–Trinajstić information content (AvgIpc) is 3.44. The van der Waals surface area contributed by atoms with E-state index >= 15 is 0 Å². The molecule has 0 bridgehead atoms. The summed E-state index contributed by atoms with van der Waals surface area (Å²) < 4.78 is 13.2. The largest absolute Gasteiger partial charge is 0.481 e. The van der Waals surface area contributed by atoms with Gasteiger partial charge in [0.1, 0.15) is 0 Å². The van der Waals surface area contributed by atoms with Crippen LogP contribution in [0.25, 0.3) is 28.0 Å². The fourth-order valence-electron chi connectivity index (χ4n) is 4.23. The number of methoxy groups -OCH3 is 1. The van der Waals surface area contributed by atoms with Crippen LogP contribution in [0.1, 0.15) is 31.7 Å². The van der Waals surface area contributed by atoms with E-state index in [-0.39, 0.29) is 6.61 Å². The summed E-state index contributed by atoms with van der Waals surface area (Å²) in [4.78, 5) is 16.2. The predicted molar refractivity (Wildman–Crippen MR) is 141 cm³/mol. The zero-order valence-electron chi connectivity index (χ0n) is 21.3. The Hall–Kier alpha value is -4.00. The SMILES string of the molecule is CCN(CCO)CCCCCOc1nc(-c2ccc(C#N)cc2)c(-c2ccc(OC)nc2)c2nccn12. The van der Waals surface area contributed by atoms with Crippen LogP contribution in [-0.2, 0) is 0 Å². The third-order valence-corrected chi connectivity index (χ3v) is 6.25. The number of hydrogen-bond donors (Lipinski definition) is 1. The molecule has 0 spiro atoms. The number of nitriles is 1. The number of rotatable bonds is 13. The summed E-state index contributed by atoms with van der Waals surface area (Å²) >= 11 is 0. The minimum atomic E-state index is 0.188. The van der Waals surface area contributed by atoms with E-state index < -0.39 is 0 Å². The first-order valence-corrected chi connectivity index (χ1v) is 12.5. The van der Waals surface area contributed by atoms with Crippen LogP contribution >= 0.6 is 0 Å². The second-order valence-electron chi connectivity index (χ2n) is 8.58. The number of unbranched alkanes of at least 4 members (excludes halogenated alkanes) is 2. The molecule has 0 aliphatic rings. The molecule has 0 atom stereocenters. The van der Waals surface area contributed by atoms with E-state index in [9.17, 15) is 5.26 Å². The molecule has 1 aromatic carbocycles. The standard InChI is InChI=1S/C28H32N6O3/c1-3-33(16-17-35)14-5-4-6-18-37-28-32-26(22-9-7-21(19-29)8-10-22)25(27-30-13-15-34(27)28)23-11-12-24(36-2)31-20-23/h7-13,15,20,35H,3-6,14,16-18H2,1-2H3. The Labute approximate surface area is 217 Å². The molecule has 192 valence electrons. The molecule has 0 aliphatic carbocycles. The van der Waals surface area contributed by atoms with Crippen molar-refractivity contribution < 1.29 is 14.6 Å². The van der Waals surface area contributed by atoms with Gasteiger partial charge in [-0.3, -0.25) is 4.40 Å². The van der Waals surface area contributed by atoms with E-state index in [1.165, 1.54) is 0 Å². The molecule has 0 saturated carbocycles. The van der Waals surface area contributed by atoms with Gasteiger partial charge >= 0.3 is 6.01 Å². The summed E-state index contributed by atoms with van der Waals surface area (Å²) in [5.74, 6) is 0.523. The molecule has 0 saturated heterocycles. The number of benzene rings is 1. The minimum Gasteiger partial charge on any atom is -0.481 e. The fourth-order valence-corrected chi connectivity index (χ4v) is 4.23. The maximum Gasteiger partial charge on any atom is 0.302 e. The van der Waals surface area contributed by atoms with Crippen LogP contribution < -0.4 is 9.47 Å². The molecule has 0 aliphatic heterocycles. The Morgan fingerprint density at radius 2 is 1.84 bits per heavy atom. The lowest BCUT2D eigenvalue weighted by Gasteiger charge is -2.18. The molecule has 3 heterocycles. The number of imidazole rings is 1. The number of likely N-dealkylation sites (N-methyl/N-ethyl adjacent to an activating group) is 1. The lowest BCUT2D eigenvalue weighted by Crippen LogP contribution is -2.27. The van der Waals surface area contributed by atoms with Gasteiger partial charge in [-0.2, -0.15) is 10.2 Å². The Bertz CT molecular complexity index is 1330. The summed E-state index contributed by atoms with van der Waals surface area (Å²) in [7, 11) is 1.58. The predicted octanol–water partition coefficient (Wildman–Crippen LogP) is 4.20. The van der Waals surface area contributed by atoms with E-state index in [0.29, 0.717) is 41.9 Å². The first kappa shape index (κ1) is 26.1. The zero-order chi connectivity index (χ0) is 26.0. The average molecular weight is 501 g/mol. The van der Waals surface area contributed by atoms with Gasteiger partial charge in [0.15, 0.2) is 5.65 Å². The smallest absolute Gasteiger partial charge is 0.302 e. The second kappa shape index (κ2) is 12.8. The molecule has 9 nitrogen and oxygen atoms in total. The van der Waals surface area contributed by atoms with Crippen molar-refractivity contribution in [3.8, 4) is 40.3 Å². The van der Waals surface area contributed by atoms with Crippen LogP contribution in [-0.4, -0.2) is 69.3 Å². The third-order valence-electron chi connectivity index (χ3n) is 6.25. The molecule has 0 amide bonds. The van der Waals surface area contributed by atoms with Gasteiger partial charge in [0.05, 0.1) is 43.2 Å². The quantitative estimate of drug-likeness (QED) is 0.272. The zero-order valence-corrected chi connectivity index (χ0v) is 21.3. The Balaban J connectivity index is 1.61. The fraction of sp³-hybridized carbons (Fsp3) is 0.357.